The summed E-state index contributed by atoms with van der Waals surface area (Å²) in [6, 6.07) is 9.86. The summed E-state index contributed by atoms with van der Waals surface area (Å²) in [5, 5.41) is 2.82. The highest BCUT2D eigenvalue weighted by molar-refractivity contribution is 7.86. The number of carbonyl (C=O) groups is 2. The van der Waals surface area contributed by atoms with E-state index in [4.69, 9.17) is 11.5 Å². The number of hydrogen-bond donors (Lipinski definition) is 5. The average molecular weight is 489 g/mol. The Morgan fingerprint density at radius 3 is 1.91 bits per heavy atom. The second-order valence-corrected chi connectivity index (χ2v) is 9.96. The molecule has 0 bridgehead atoms. The number of nitrogens with two attached hydrogens (primary N) is 2. The normalized spacial score (nSPS) is 13.4. The van der Waals surface area contributed by atoms with Crippen molar-refractivity contribution in [2.24, 2.45) is 0 Å². The van der Waals surface area contributed by atoms with E-state index in [1.165, 1.54) is 24.3 Å². The van der Waals surface area contributed by atoms with Gasteiger partial charge in [0.15, 0.2) is 11.6 Å². The fourth-order valence-electron chi connectivity index (χ4n) is 3.52. The smallest absolute Gasteiger partial charge is 0.296 e. The van der Waals surface area contributed by atoms with E-state index in [-0.39, 0.29) is 16.8 Å². The Hall–Kier alpha value is -3.78. The van der Waals surface area contributed by atoms with Crippen LogP contribution in [0.2, 0.25) is 0 Å². The Labute approximate surface area is 187 Å². The Morgan fingerprint density at radius 1 is 0.727 bits per heavy atom. The highest BCUT2D eigenvalue weighted by Gasteiger charge is 2.37. The first-order chi connectivity index (χ1) is 15.3. The predicted octanol–water partition coefficient (Wildman–Crippen LogP) is 1.86. The fourth-order valence-corrected chi connectivity index (χ4v) is 4.67. The predicted molar refractivity (Wildman–Crippen MR) is 118 cm³/mol. The molecular formula is C20H15N3O8S2. The average Bonchev–Trinajstić information content (AvgIpc) is 2.72. The molecule has 0 fully saturated rings. The lowest BCUT2D eigenvalue weighted by atomic mass is 9.82. The maximum Gasteiger partial charge on any atom is 0.296 e. The molecule has 0 amide bonds. The number of hydrogen-bond acceptors (Lipinski definition) is 9. The molecule has 0 aromatic heterocycles. The highest BCUT2D eigenvalue weighted by atomic mass is 32.2. The molecule has 0 atom stereocenters. The van der Waals surface area contributed by atoms with Crippen LogP contribution in [-0.4, -0.2) is 37.5 Å². The Morgan fingerprint density at radius 2 is 1.33 bits per heavy atom. The van der Waals surface area contributed by atoms with Gasteiger partial charge in [-0.25, -0.2) is 0 Å². The standard InChI is InChI=1S/C20H15N3O8S2/c21-9-1-3-10(4-2-9)23-14-8-15(33(29,30)31)18(22)17-16(14)19(24)12-6-5-11(32(26,27)28)7-13(12)20(17)25/h1-8,23H,21-22H2,(H,26,27,28)(H,29,30,31). The summed E-state index contributed by atoms with van der Waals surface area (Å²) in [5.74, 6) is -1.72. The maximum atomic E-state index is 13.3. The minimum atomic E-state index is -4.92. The van der Waals surface area contributed by atoms with E-state index in [0.717, 1.165) is 24.3 Å². The summed E-state index contributed by atoms with van der Waals surface area (Å²) in [6.07, 6.45) is 0. The van der Waals surface area contributed by atoms with Gasteiger partial charge in [-0.15, -0.1) is 0 Å². The van der Waals surface area contributed by atoms with E-state index < -0.39 is 58.4 Å². The van der Waals surface area contributed by atoms with Gasteiger partial charge in [-0.3, -0.25) is 18.7 Å². The zero-order valence-electron chi connectivity index (χ0n) is 16.4. The molecule has 3 aromatic carbocycles. The van der Waals surface area contributed by atoms with Crippen LogP contribution >= 0.6 is 0 Å². The molecule has 1 aliphatic rings. The molecule has 0 saturated heterocycles. The summed E-state index contributed by atoms with van der Waals surface area (Å²) in [6.45, 7) is 0. The molecular weight excluding hydrogens is 474 g/mol. The lowest BCUT2D eigenvalue weighted by Crippen LogP contribution is -2.25. The quantitative estimate of drug-likeness (QED) is 0.206. The lowest BCUT2D eigenvalue weighted by molar-refractivity contribution is 0.0980. The fraction of sp³-hybridized carbons (Fsp3) is 0. The van der Waals surface area contributed by atoms with Crippen molar-refractivity contribution in [2.45, 2.75) is 9.79 Å². The van der Waals surface area contributed by atoms with Crippen LogP contribution in [0.3, 0.4) is 0 Å². The zero-order chi connectivity index (χ0) is 24.3. The molecule has 0 unspecified atom stereocenters. The first-order valence-corrected chi connectivity index (χ1v) is 11.9. The van der Waals surface area contributed by atoms with Crippen molar-refractivity contribution in [3.63, 3.8) is 0 Å². The van der Waals surface area contributed by atoms with Gasteiger partial charge in [0.25, 0.3) is 20.2 Å². The maximum absolute atomic E-state index is 13.3. The number of fused-ring (bicyclic) bond motifs is 2. The zero-order valence-corrected chi connectivity index (χ0v) is 18.1. The number of nitrogens with one attached hydrogen (secondary N) is 1. The van der Waals surface area contributed by atoms with E-state index >= 15 is 0 Å². The Bertz CT molecular complexity index is 1580. The first kappa shape index (κ1) is 22.4. The second kappa shape index (κ2) is 7.38. The third-order valence-corrected chi connectivity index (χ3v) is 6.77. The number of anilines is 4. The lowest BCUT2D eigenvalue weighted by Gasteiger charge is -2.24. The van der Waals surface area contributed by atoms with E-state index in [1.807, 2.05) is 0 Å². The van der Waals surface area contributed by atoms with E-state index in [1.54, 1.807) is 0 Å². The van der Waals surface area contributed by atoms with E-state index in [2.05, 4.69) is 5.32 Å². The van der Waals surface area contributed by atoms with Gasteiger partial charge in [0.05, 0.1) is 27.4 Å². The molecule has 170 valence electrons. The van der Waals surface area contributed by atoms with Crippen LogP contribution in [0.25, 0.3) is 0 Å². The van der Waals surface area contributed by atoms with Gasteiger partial charge in [-0.1, -0.05) is 0 Å². The summed E-state index contributed by atoms with van der Waals surface area (Å²) >= 11 is 0. The molecule has 3 aromatic rings. The molecule has 0 radical (unpaired) electrons. The minimum Gasteiger partial charge on any atom is -0.399 e. The van der Waals surface area contributed by atoms with Crippen molar-refractivity contribution < 1.29 is 35.5 Å². The number of ketones is 2. The molecule has 1 aliphatic carbocycles. The van der Waals surface area contributed by atoms with Gasteiger partial charge in [-0.2, -0.15) is 16.8 Å². The van der Waals surface area contributed by atoms with Crippen molar-refractivity contribution >= 4 is 54.6 Å². The van der Waals surface area contributed by atoms with E-state index in [9.17, 15) is 35.5 Å². The molecule has 0 aliphatic heterocycles. The van der Waals surface area contributed by atoms with Gasteiger partial charge < -0.3 is 16.8 Å². The number of nitrogen functional groups attached to an aromatic ring is 2. The Balaban J connectivity index is 2.02. The van der Waals surface area contributed by atoms with Crippen molar-refractivity contribution in [3.8, 4) is 0 Å². The van der Waals surface area contributed by atoms with Crippen LogP contribution in [0.5, 0.6) is 0 Å². The van der Waals surface area contributed by atoms with E-state index in [0.29, 0.717) is 11.4 Å². The highest BCUT2D eigenvalue weighted by Crippen LogP contribution is 2.40. The molecule has 33 heavy (non-hydrogen) atoms. The Kier molecular flexibility index (Phi) is 5.01. The van der Waals surface area contributed by atoms with Gasteiger partial charge in [0.1, 0.15) is 4.90 Å². The third kappa shape index (κ3) is 3.82. The summed E-state index contributed by atoms with van der Waals surface area (Å²) in [4.78, 5) is 25.1. The summed E-state index contributed by atoms with van der Waals surface area (Å²) in [5.41, 5.74) is 10.1. The van der Waals surface area contributed by atoms with Crippen LogP contribution < -0.4 is 16.8 Å². The molecule has 4 rings (SSSR count). The molecule has 7 N–H and O–H groups in total. The van der Waals surface area contributed by atoms with Crippen LogP contribution in [0.15, 0.2) is 58.3 Å². The van der Waals surface area contributed by atoms with Crippen molar-refractivity contribution in [2.75, 3.05) is 16.8 Å². The molecule has 0 spiro atoms. The molecule has 13 heteroatoms. The number of carbonyl (C=O) groups excluding carboxylic acids is 2. The third-order valence-electron chi connectivity index (χ3n) is 5.03. The van der Waals surface area contributed by atoms with Crippen LogP contribution in [0.1, 0.15) is 31.8 Å². The van der Waals surface area contributed by atoms with Gasteiger partial charge in [0, 0.05) is 22.5 Å². The van der Waals surface area contributed by atoms with Crippen molar-refractivity contribution in [1.82, 2.24) is 0 Å². The first-order valence-electron chi connectivity index (χ1n) is 9.06. The van der Waals surface area contributed by atoms with Crippen molar-refractivity contribution in [3.05, 3.63) is 70.8 Å². The number of benzene rings is 3. The van der Waals surface area contributed by atoms with Crippen LogP contribution in [0, 0.1) is 0 Å². The van der Waals surface area contributed by atoms with Crippen LogP contribution in [-0.2, 0) is 20.2 Å². The molecule has 0 heterocycles. The number of rotatable bonds is 4. The second-order valence-electron chi connectivity index (χ2n) is 7.15. The van der Waals surface area contributed by atoms with Gasteiger partial charge >= 0.3 is 0 Å². The monoisotopic (exact) mass is 489 g/mol. The summed E-state index contributed by atoms with van der Waals surface area (Å²) < 4.78 is 65.8. The SMILES string of the molecule is Nc1ccc(Nc2cc(S(=O)(=O)O)c(N)c3c2C(=O)c2ccc(S(=O)(=O)O)cc2C3=O)cc1. The largest absolute Gasteiger partial charge is 0.399 e. The molecule has 11 nitrogen and oxygen atoms in total. The van der Waals surface area contributed by atoms with Gasteiger partial charge in [0.2, 0.25) is 0 Å². The minimum absolute atomic E-state index is 0.139. The van der Waals surface area contributed by atoms with Gasteiger partial charge in [-0.05, 0) is 48.5 Å². The topological polar surface area (TPSA) is 207 Å². The van der Waals surface area contributed by atoms with Crippen LogP contribution in [0.4, 0.5) is 22.7 Å². The molecule has 0 saturated carbocycles. The summed E-state index contributed by atoms with van der Waals surface area (Å²) in [7, 11) is -9.62. The van der Waals surface area contributed by atoms with Crippen molar-refractivity contribution in [1.29, 1.82) is 0 Å².